The van der Waals surface area contributed by atoms with E-state index >= 15 is 0 Å². The van der Waals surface area contributed by atoms with Gasteiger partial charge in [0.2, 0.25) is 0 Å². The number of hydrogen-bond donors (Lipinski definition) is 0. The van der Waals surface area contributed by atoms with Crippen LogP contribution in [0.15, 0.2) is 66.1 Å². The molecule has 2 aromatic heterocycles. The molecule has 0 saturated heterocycles. The standard InChI is InChI=1S/C20H17N3O2S/c1-15(2)26(24,25)19-9-6-17(7-10-19)20-14-22-13-18(23-20)8-5-16-4-3-11-21-12-16/h3-4,6-7,9-15H,1-2H3. The van der Waals surface area contributed by atoms with Crippen LogP contribution >= 0.6 is 0 Å². The lowest BCUT2D eigenvalue weighted by Gasteiger charge is -2.08. The molecule has 0 N–H and O–H groups in total. The molecule has 3 aromatic rings. The minimum Gasteiger partial charge on any atom is -0.263 e. The highest BCUT2D eigenvalue weighted by molar-refractivity contribution is 7.92. The highest BCUT2D eigenvalue weighted by Gasteiger charge is 2.18. The average molecular weight is 363 g/mol. The third-order valence-electron chi connectivity index (χ3n) is 3.73. The topological polar surface area (TPSA) is 72.8 Å². The van der Waals surface area contributed by atoms with Crippen molar-refractivity contribution >= 4 is 9.84 Å². The predicted octanol–water partition coefficient (Wildman–Crippen LogP) is 3.12. The summed E-state index contributed by atoms with van der Waals surface area (Å²) in [5, 5.41) is -0.459. The zero-order chi connectivity index (χ0) is 18.6. The molecule has 0 bridgehead atoms. The molecule has 0 amide bonds. The second kappa shape index (κ2) is 7.46. The van der Waals surface area contributed by atoms with E-state index in [1.807, 2.05) is 12.1 Å². The normalized spacial score (nSPS) is 11.0. The highest BCUT2D eigenvalue weighted by Crippen LogP contribution is 2.21. The first-order chi connectivity index (χ1) is 12.5. The van der Waals surface area contributed by atoms with Gasteiger partial charge in [0, 0.05) is 23.5 Å². The van der Waals surface area contributed by atoms with E-state index in [2.05, 4.69) is 26.8 Å². The SMILES string of the molecule is CC(C)S(=O)(=O)c1ccc(-c2cncc(C#Cc3cccnc3)n2)cc1. The van der Waals surface area contributed by atoms with Gasteiger partial charge in [-0.05, 0) is 44.0 Å². The Kier molecular flexibility index (Phi) is 5.10. The summed E-state index contributed by atoms with van der Waals surface area (Å²) in [6.07, 6.45) is 6.58. The maximum Gasteiger partial charge on any atom is 0.180 e. The molecule has 6 heteroatoms. The number of hydrogen-bond acceptors (Lipinski definition) is 5. The Morgan fingerprint density at radius 1 is 0.923 bits per heavy atom. The van der Waals surface area contributed by atoms with Crippen molar-refractivity contribution < 1.29 is 8.42 Å². The molecular weight excluding hydrogens is 346 g/mol. The van der Waals surface area contributed by atoms with Crippen LogP contribution in [0.1, 0.15) is 25.1 Å². The average Bonchev–Trinajstić information content (AvgIpc) is 2.67. The zero-order valence-corrected chi connectivity index (χ0v) is 15.2. The van der Waals surface area contributed by atoms with Gasteiger partial charge in [0.1, 0.15) is 5.69 Å². The van der Waals surface area contributed by atoms with Crippen molar-refractivity contribution in [2.24, 2.45) is 0 Å². The summed E-state index contributed by atoms with van der Waals surface area (Å²) in [6, 6.07) is 10.3. The molecule has 0 unspecified atom stereocenters. The summed E-state index contributed by atoms with van der Waals surface area (Å²) in [5.41, 5.74) is 2.75. The molecule has 130 valence electrons. The molecule has 0 aliphatic rings. The Labute approximate surface area is 153 Å². The molecule has 2 heterocycles. The molecule has 0 spiro atoms. The number of aromatic nitrogens is 3. The summed E-state index contributed by atoms with van der Waals surface area (Å²) in [5.74, 6) is 5.95. The molecule has 26 heavy (non-hydrogen) atoms. The highest BCUT2D eigenvalue weighted by atomic mass is 32.2. The summed E-state index contributed by atoms with van der Waals surface area (Å²) < 4.78 is 24.4. The molecule has 0 aliphatic carbocycles. The number of nitrogens with zero attached hydrogens (tertiary/aromatic N) is 3. The van der Waals surface area contributed by atoms with E-state index in [-0.39, 0.29) is 0 Å². The first kappa shape index (κ1) is 17.8. The lowest BCUT2D eigenvalue weighted by Crippen LogP contribution is -2.13. The van der Waals surface area contributed by atoms with Gasteiger partial charge in [0.15, 0.2) is 9.84 Å². The van der Waals surface area contributed by atoms with Gasteiger partial charge >= 0.3 is 0 Å². The van der Waals surface area contributed by atoms with Crippen molar-refractivity contribution in [1.82, 2.24) is 15.0 Å². The van der Waals surface area contributed by atoms with E-state index in [4.69, 9.17) is 0 Å². The van der Waals surface area contributed by atoms with E-state index in [1.165, 1.54) is 0 Å². The Morgan fingerprint density at radius 3 is 2.35 bits per heavy atom. The molecule has 5 nitrogen and oxygen atoms in total. The van der Waals surface area contributed by atoms with Crippen LogP contribution in [0.3, 0.4) is 0 Å². The van der Waals surface area contributed by atoms with Gasteiger partial charge < -0.3 is 0 Å². The van der Waals surface area contributed by atoms with E-state index < -0.39 is 15.1 Å². The monoisotopic (exact) mass is 363 g/mol. The second-order valence-corrected chi connectivity index (χ2v) is 8.40. The van der Waals surface area contributed by atoms with Crippen molar-refractivity contribution in [1.29, 1.82) is 0 Å². The van der Waals surface area contributed by atoms with Crippen LogP contribution in [0.2, 0.25) is 0 Å². The molecular formula is C20H17N3O2S. The Morgan fingerprint density at radius 2 is 1.69 bits per heavy atom. The van der Waals surface area contributed by atoms with Crippen molar-refractivity contribution in [2.75, 3.05) is 0 Å². The minimum atomic E-state index is -3.29. The van der Waals surface area contributed by atoms with E-state index in [9.17, 15) is 8.42 Å². The molecule has 0 saturated carbocycles. The maximum atomic E-state index is 12.2. The molecule has 3 rings (SSSR count). The number of rotatable bonds is 3. The van der Waals surface area contributed by atoms with Crippen molar-refractivity contribution in [3.8, 4) is 23.1 Å². The third-order valence-corrected chi connectivity index (χ3v) is 5.90. The van der Waals surface area contributed by atoms with Gasteiger partial charge in [-0.2, -0.15) is 0 Å². The molecule has 0 fully saturated rings. The van der Waals surface area contributed by atoms with Crippen molar-refractivity contribution in [3.05, 3.63) is 72.4 Å². The molecule has 0 aliphatic heterocycles. The fraction of sp³-hybridized carbons (Fsp3) is 0.150. The summed E-state index contributed by atoms with van der Waals surface area (Å²) in [7, 11) is -3.29. The fourth-order valence-electron chi connectivity index (χ4n) is 2.23. The van der Waals surface area contributed by atoms with Crippen molar-refractivity contribution in [2.45, 2.75) is 24.0 Å². The van der Waals surface area contributed by atoms with Crippen LogP contribution in [-0.4, -0.2) is 28.6 Å². The van der Waals surface area contributed by atoms with Crippen LogP contribution in [0.5, 0.6) is 0 Å². The Bertz CT molecular complexity index is 1070. The first-order valence-electron chi connectivity index (χ1n) is 8.05. The number of sulfone groups is 1. The minimum absolute atomic E-state index is 0.303. The van der Waals surface area contributed by atoms with Gasteiger partial charge in [-0.15, -0.1) is 0 Å². The van der Waals surface area contributed by atoms with Crippen LogP contribution < -0.4 is 0 Å². The van der Waals surface area contributed by atoms with Gasteiger partial charge in [-0.25, -0.2) is 13.4 Å². The van der Waals surface area contributed by atoms with Crippen LogP contribution in [-0.2, 0) is 9.84 Å². The van der Waals surface area contributed by atoms with Gasteiger partial charge in [0.05, 0.1) is 28.2 Å². The molecule has 0 atom stereocenters. The molecule has 1 aromatic carbocycles. The first-order valence-corrected chi connectivity index (χ1v) is 9.60. The van der Waals surface area contributed by atoms with Crippen LogP contribution in [0, 0.1) is 11.8 Å². The number of benzene rings is 1. The fourth-order valence-corrected chi connectivity index (χ4v) is 3.29. The summed E-state index contributed by atoms with van der Waals surface area (Å²) >= 11 is 0. The van der Waals surface area contributed by atoms with E-state index in [1.54, 1.807) is 62.9 Å². The smallest absolute Gasteiger partial charge is 0.180 e. The number of pyridine rings is 1. The van der Waals surface area contributed by atoms with Gasteiger partial charge in [-0.1, -0.05) is 18.1 Å². The summed E-state index contributed by atoms with van der Waals surface area (Å²) in [6.45, 7) is 3.33. The lowest BCUT2D eigenvalue weighted by atomic mass is 10.1. The van der Waals surface area contributed by atoms with Crippen LogP contribution in [0.4, 0.5) is 0 Å². The van der Waals surface area contributed by atoms with Crippen molar-refractivity contribution in [3.63, 3.8) is 0 Å². The lowest BCUT2D eigenvalue weighted by molar-refractivity contribution is 0.587. The Hall–Kier alpha value is -3.04. The Balaban J connectivity index is 1.88. The third kappa shape index (κ3) is 3.95. The quantitative estimate of drug-likeness (QED) is 0.669. The molecule has 0 radical (unpaired) electrons. The zero-order valence-electron chi connectivity index (χ0n) is 14.4. The van der Waals surface area contributed by atoms with Crippen LogP contribution in [0.25, 0.3) is 11.3 Å². The maximum absolute atomic E-state index is 12.2. The van der Waals surface area contributed by atoms with E-state index in [0.717, 1.165) is 11.1 Å². The van der Waals surface area contributed by atoms with E-state index in [0.29, 0.717) is 16.3 Å². The van der Waals surface area contributed by atoms with Gasteiger partial charge in [0.25, 0.3) is 0 Å². The second-order valence-electron chi connectivity index (χ2n) is 5.90. The predicted molar refractivity (Wildman–Crippen MR) is 100 cm³/mol. The van der Waals surface area contributed by atoms with Gasteiger partial charge in [-0.3, -0.25) is 9.97 Å². The largest absolute Gasteiger partial charge is 0.263 e. The summed E-state index contributed by atoms with van der Waals surface area (Å²) in [4.78, 5) is 13.0.